The molecule has 3 heteroatoms. The Morgan fingerprint density at radius 2 is 1.88 bits per heavy atom. The number of rotatable bonds is 5. The number of aliphatic hydroxyl groups is 1. The van der Waals surface area contributed by atoms with Gasteiger partial charge in [0.1, 0.15) is 0 Å². The van der Waals surface area contributed by atoms with Crippen LogP contribution in [-0.4, -0.2) is 61.3 Å². The van der Waals surface area contributed by atoms with E-state index in [0.29, 0.717) is 24.5 Å². The van der Waals surface area contributed by atoms with E-state index in [1.165, 1.54) is 25.9 Å². The van der Waals surface area contributed by atoms with Crippen molar-refractivity contribution in [2.24, 2.45) is 11.8 Å². The molecular formula is C13H28N2O. The molecule has 1 saturated heterocycles. The van der Waals surface area contributed by atoms with Crippen LogP contribution in [0.5, 0.6) is 0 Å². The van der Waals surface area contributed by atoms with Crippen LogP contribution in [0.4, 0.5) is 0 Å². The lowest BCUT2D eigenvalue weighted by Gasteiger charge is -2.37. The van der Waals surface area contributed by atoms with Crippen molar-refractivity contribution in [2.75, 3.05) is 40.3 Å². The van der Waals surface area contributed by atoms with Gasteiger partial charge in [-0.05, 0) is 51.9 Å². The number of aliphatic hydroxyl groups excluding tert-OH is 1. The van der Waals surface area contributed by atoms with Crippen LogP contribution in [0.1, 0.15) is 26.7 Å². The summed E-state index contributed by atoms with van der Waals surface area (Å²) in [4.78, 5) is 4.85. The first-order valence-electron chi connectivity index (χ1n) is 6.54. The van der Waals surface area contributed by atoms with E-state index in [1.807, 2.05) is 0 Å². The molecule has 0 aromatic carbocycles. The average molecular weight is 228 g/mol. The Balaban J connectivity index is 2.36. The van der Waals surface area contributed by atoms with Gasteiger partial charge in [0.05, 0.1) is 0 Å². The highest BCUT2D eigenvalue weighted by Crippen LogP contribution is 2.18. The zero-order chi connectivity index (χ0) is 12.1. The molecule has 0 bridgehead atoms. The molecule has 0 aliphatic carbocycles. The lowest BCUT2D eigenvalue weighted by molar-refractivity contribution is 0.0934. The molecule has 1 fully saturated rings. The molecule has 1 rings (SSSR count). The number of nitrogens with zero attached hydrogens (tertiary/aromatic N) is 2. The Morgan fingerprint density at radius 3 is 2.31 bits per heavy atom. The standard InChI is InChI=1S/C13H28N2O/c1-11(2)12(10-16)9-15(4)13-5-7-14(3)8-6-13/h11-13,16H,5-10H2,1-4H3. The van der Waals surface area contributed by atoms with E-state index in [-0.39, 0.29) is 0 Å². The number of piperidine rings is 1. The number of likely N-dealkylation sites (tertiary alicyclic amines) is 1. The largest absolute Gasteiger partial charge is 0.396 e. The molecule has 1 N–H and O–H groups in total. The van der Waals surface area contributed by atoms with Gasteiger partial charge < -0.3 is 14.9 Å². The molecule has 1 aliphatic rings. The minimum Gasteiger partial charge on any atom is -0.396 e. The molecule has 3 nitrogen and oxygen atoms in total. The van der Waals surface area contributed by atoms with Gasteiger partial charge in [0.2, 0.25) is 0 Å². The molecule has 0 aromatic rings. The molecule has 0 spiro atoms. The Bertz CT molecular complexity index is 188. The lowest BCUT2D eigenvalue weighted by Crippen LogP contribution is -2.44. The third-order valence-electron chi connectivity index (χ3n) is 4.01. The fourth-order valence-corrected chi connectivity index (χ4v) is 2.43. The number of hydrogen-bond acceptors (Lipinski definition) is 3. The van der Waals surface area contributed by atoms with Crippen molar-refractivity contribution >= 4 is 0 Å². The van der Waals surface area contributed by atoms with Gasteiger partial charge >= 0.3 is 0 Å². The van der Waals surface area contributed by atoms with Gasteiger partial charge in [0.15, 0.2) is 0 Å². The second kappa shape index (κ2) is 6.58. The second-order valence-corrected chi connectivity index (χ2v) is 5.66. The van der Waals surface area contributed by atoms with E-state index in [1.54, 1.807) is 0 Å². The molecule has 1 heterocycles. The molecule has 1 aliphatic heterocycles. The summed E-state index contributed by atoms with van der Waals surface area (Å²) in [6.07, 6.45) is 2.53. The van der Waals surface area contributed by atoms with Crippen molar-refractivity contribution in [1.82, 2.24) is 9.80 Å². The summed E-state index contributed by atoms with van der Waals surface area (Å²) in [5.41, 5.74) is 0. The van der Waals surface area contributed by atoms with Crippen molar-refractivity contribution in [1.29, 1.82) is 0 Å². The monoisotopic (exact) mass is 228 g/mol. The number of hydrogen-bond donors (Lipinski definition) is 1. The van der Waals surface area contributed by atoms with Crippen LogP contribution in [0.25, 0.3) is 0 Å². The molecule has 1 unspecified atom stereocenters. The first kappa shape index (κ1) is 13.9. The van der Waals surface area contributed by atoms with Crippen LogP contribution in [-0.2, 0) is 0 Å². The highest BCUT2D eigenvalue weighted by atomic mass is 16.3. The summed E-state index contributed by atoms with van der Waals surface area (Å²) in [6, 6.07) is 0.712. The lowest BCUT2D eigenvalue weighted by atomic mass is 9.94. The van der Waals surface area contributed by atoms with Crippen molar-refractivity contribution in [3.8, 4) is 0 Å². The van der Waals surface area contributed by atoms with Crippen LogP contribution >= 0.6 is 0 Å². The summed E-state index contributed by atoms with van der Waals surface area (Å²) in [6.45, 7) is 8.16. The first-order valence-corrected chi connectivity index (χ1v) is 6.54. The van der Waals surface area contributed by atoms with E-state index in [4.69, 9.17) is 0 Å². The van der Waals surface area contributed by atoms with Gasteiger partial charge in [-0.15, -0.1) is 0 Å². The molecule has 0 saturated carbocycles. The highest BCUT2D eigenvalue weighted by molar-refractivity contribution is 4.78. The van der Waals surface area contributed by atoms with Gasteiger partial charge in [-0.3, -0.25) is 0 Å². The van der Waals surface area contributed by atoms with E-state index in [2.05, 4.69) is 37.7 Å². The summed E-state index contributed by atoms with van der Waals surface area (Å²) in [7, 11) is 4.40. The Morgan fingerprint density at radius 1 is 1.31 bits per heavy atom. The van der Waals surface area contributed by atoms with Gasteiger partial charge in [-0.25, -0.2) is 0 Å². The van der Waals surface area contributed by atoms with Gasteiger partial charge in [-0.1, -0.05) is 13.8 Å². The second-order valence-electron chi connectivity index (χ2n) is 5.66. The molecule has 1 atom stereocenters. The van der Waals surface area contributed by atoms with Crippen LogP contribution in [0, 0.1) is 11.8 Å². The molecule has 16 heavy (non-hydrogen) atoms. The fourth-order valence-electron chi connectivity index (χ4n) is 2.43. The van der Waals surface area contributed by atoms with E-state index in [0.717, 1.165) is 6.54 Å². The van der Waals surface area contributed by atoms with Crippen LogP contribution in [0.15, 0.2) is 0 Å². The fraction of sp³-hybridized carbons (Fsp3) is 1.00. The van der Waals surface area contributed by atoms with Crippen LogP contribution in [0.2, 0.25) is 0 Å². The van der Waals surface area contributed by atoms with Crippen molar-refractivity contribution in [3.63, 3.8) is 0 Å². The highest BCUT2D eigenvalue weighted by Gasteiger charge is 2.23. The van der Waals surface area contributed by atoms with E-state index >= 15 is 0 Å². The van der Waals surface area contributed by atoms with E-state index in [9.17, 15) is 5.11 Å². The van der Waals surface area contributed by atoms with E-state index < -0.39 is 0 Å². The minimum absolute atomic E-state index is 0.314. The van der Waals surface area contributed by atoms with Crippen molar-refractivity contribution < 1.29 is 5.11 Å². The Hall–Kier alpha value is -0.120. The Kier molecular flexibility index (Phi) is 5.73. The molecule has 0 amide bonds. The Labute approximate surface area is 100 Å². The predicted molar refractivity (Wildman–Crippen MR) is 68.6 cm³/mol. The zero-order valence-corrected chi connectivity index (χ0v) is 11.3. The third kappa shape index (κ3) is 4.04. The van der Waals surface area contributed by atoms with Gasteiger partial charge in [-0.2, -0.15) is 0 Å². The zero-order valence-electron chi connectivity index (χ0n) is 11.3. The van der Waals surface area contributed by atoms with Gasteiger partial charge in [0, 0.05) is 19.2 Å². The maximum atomic E-state index is 9.35. The summed E-state index contributed by atoms with van der Waals surface area (Å²) in [5.74, 6) is 0.989. The normalized spacial score (nSPS) is 21.9. The third-order valence-corrected chi connectivity index (χ3v) is 4.01. The average Bonchev–Trinajstić information content (AvgIpc) is 2.26. The summed E-state index contributed by atoms with van der Waals surface area (Å²) >= 11 is 0. The van der Waals surface area contributed by atoms with Crippen molar-refractivity contribution in [2.45, 2.75) is 32.7 Å². The molecule has 96 valence electrons. The van der Waals surface area contributed by atoms with Crippen LogP contribution < -0.4 is 0 Å². The topological polar surface area (TPSA) is 26.7 Å². The molecule has 0 radical (unpaired) electrons. The SMILES string of the molecule is CC(C)C(CO)CN(C)C1CCN(C)CC1. The smallest absolute Gasteiger partial charge is 0.0473 e. The molecular weight excluding hydrogens is 200 g/mol. The first-order chi connectivity index (χ1) is 7.54. The maximum absolute atomic E-state index is 9.35. The van der Waals surface area contributed by atoms with Crippen molar-refractivity contribution in [3.05, 3.63) is 0 Å². The van der Waals surface area contributed by atoms with Gasteiger partial charge in [0.25, 0.3) is 0 Å². The summed E-state index contributed by atoms with van der Waals surface area (Å²) in [5, 5.41) is 9.35. The molecule has 0 aromatic heterocycles. The summed E-state index contributed by atoms with van der Waals surface area (Å²) < 4.78 is 0. The quantitative estimate of drug-likeness (QED) is 0.768. The predicted octanol–water partition coefficient (Wildman–Crippen LogP) is 1.28. The van der Waals surface area contributed by atoms with Crippen LogP contribution in [0.3, 0.4) is 0 Å². The minimum atomic E-state index is 0.314. The maximum Gasteiger partial charge on any atom is 0.0473 e.